The molecular formula is C19H24N4O2. The Morgan fingerprint density at radius 2 is 2.24 bits per heavy atom. The van der Waals surface area contributed by atoms with Crippen LogP contribution in [0, 0.1) is 6.92 Å². The van der Waals surface area contributed by atoms with Crippen molar-refractivity contribution in [1.82, 2.24) is 20.2 Å². The van der Waals surface area contributed by atoms with Gasteiger partial charge < -0.3 is 15.3 Å². The zero-order valence-corrected chi connectivity index (χ0v) is 14.5. The van der Waals surface area contributed by atoms with E-state index in [4.69, 9.17) is 0 Å². The highest BCUT2D eigenvalue weighted by Gasteiger charge is 2.41. The smallest absolute Gasteiger partial charge is 0.256 e. The third-order valence-electron chi connectivity index (χ3n) is 4.53. The van der Waals surface area contributed by atoms with Crippen molar-refractivity contribution in [1.29, 1.82) is 0 Å². The molecule has 0 radical (unpaired) electrons. The summed E-state index contributed by atoms with van der Waals surface area (Å²) in [6.45, 7) is 3.97. The number of hydrogen-bond acceptors (Lipinski definition) is 5. The molecular weight excluding hydrogens is 316 g/mol. The molecule has 1 aromatic heterocycles. The molecule has 0 aliphatic carbocycles. The van der Waals surface area contributed by atoms with Crippen LogP contribution in [0.1, 0.15) is 29.7 Å². The Hall–Kier alpha value is -2.31. The van der Waals surface area contributed by atoms with Crippen molar-refractivity contribution in [3.05, 3.63) is 59.7 Å². The molecule has 1 aliphatic heterocycles. The third-order valence-corrected chi connectivity index (χ3v) is 4.53. The summed E-state index contributed by atoms with van der Waals surface area (Å²) in [4.78, 5) is 22.6. The number of likely N-dealkylation sites (tertiary alicyclic amines) is 1. The SMILES string of the molecule is Cc1cccc(CN2CCCC(O)(CNCc3ccncn3)C2=O)c1. The second-order valence-corrected chi connectivity index (χ2v) is 6.66. The highest BCUT2D eigenvalue weighted by molar-refractivity contribution is 5.86. The van der Waals surface area contributed by atoms with Crippen LogP contribution in [-0.4, -0.2) is 44.6 Å². The molecule has 1 saturated heterocycles. The van der Waals surface area contributed by atoms with Gasteiger partial charge in [0.05, 0.1) is 5.69 Å². The largest absolute Gasteiger partial charge is 0.379 e. The Bertz CT molecular complexity index is 722. The van der Waals surface area contributed by atoms with E-state index < -0.39 is 5.60 Å². The first-order chi connectivity index (χ1) is 12.1. The van der Waals surface area contributed by atoms with Gasteiger partial charge in [0.2, 0.25) is 0 Å². The standard InChI is InChI=1S/C19H24N4O2/c1-15-4-2-5-16(10-15)12-23-9-3-7-19(25,18(23)24)13-21-11-17-6-8-20-14-22-17/h2,4-6,8,10,14,21,25H,3,7,9,11-13H2,1H3. The number of aliphatic hydroxyl groups is 1. The number of carbonyl (C=O) groups excluding carboxylic acids is 1. The van der Waals surface area contributed by atoms with Gasteiger partial charge in [-0.25, -0.2) is 9.97 Å². The van der Waals surface area contributed by atoms with Gasteiger partial charge in [0, 0.05) is 32.4 Å². The van der Waals surface area contributed by atoms with E-state index in [0.29, 0.717) is 26.1 Å². The lowest BCUT2D eigenvalue weighted by Gasteiger charge is -2.38. The Labute approximate surface area is 147 Å². The number of benzene rings is 1. The number of rotatable bonds is 6. The highest BCUT2D eigenvalue weighted by Crippen LogP contribution is 2.24. The highest BCUT2D eigenvalue weighted by atomic mass is 16.3. The molecule has 2 aromatic rings. The minimum Gasteiger partial charge on any atom is -0.379 e. The molecule has 1 unspecified atom stereocenters. The Balaban J connectivity index is 1.60. The Kier molecular flexibility index (Phi) is 5.40. The number of aromatic nitrogens is 2. The normalized spacial score (nSPS) is 20.7. The maximum Gasteiger partial charge on any atom is 0.256 e. The van der Waals surface area contributed by atoms with Crippen LogP contribution in [-0.2, 0) is 17.9 Å². The molecule has 6 heteroatoms. The molecule has 25 heavy (non-hydrogen) atoms. The monoisotopic (exact) mass is 340 g/mol. The van der Waals surface area contributed by atoms with E-state index in [1.54, 1.807) is 11.1 Å². The first kappa shape index (κ1) is 17.5. The van der Waals surface area contributed by atoms with Crippen molar-refractivity contribution < 1.29 is 9.90 Å². The van der Waals surface area contributed by atoms with Crippen molar-refractivity contribution in [2.24, 2.45) is 0 Å². The van der Waals surface area contributed by atoms with Gasteiger partial charge in [0.15, 0.2) is 5.60 Å². The van der Waals surface area contributed by atoms with E-state index in [-0.39, 0.29) is 12.5 Å². The molecule has 6 nitrogen and oxygen atoms in total. The van der Waals surface area contributed by atoms with Crippen LogP contribution in [0.2, 0.25) is 0 Å². The summed E-state index contributed by atoms with van der Waals surface area (Å²) in [5, 5.41) is 14.0. The molecule has 0 spiro atoms. The molecule has 1 amide bonds. The number of nitrogens with zero attached hydrogens (tertiary/aromatic N) is 3. The number of amides is 1. The van der Waals surface area contributed by atoms with Crippen molar-refractivity contribution in [3.63, 3.8) is 0 Å². The number of hydrogen-bond donors (Lipinski definition) is 2. The second kappa shape index (κ2) is 7.72. The Morgan fingerprint density at radius 3 is 3.00 bits per heavy atom. The maximum atomic E-state index is 12.8. The lowest BCUT2D eigenvalue weighted by Crippen LogP contribution is -2.57. The molecule has 132 valence electrons. The number of nitrogens with one attached hydrogen (secondary N) is 1. The molecule has 0 saturated carbocycles. The average Bonchev–Trinajstić information content (AvgIpc) is 2.60. The van der Waals surface area contributed by atoms with E-state index in [9.17, 15) is 9.90 Å². The van der Waals surface area contributed by atoms with Crippen LogP contribution < -0.4 is 5.32 Å². The summed E-state index contributed by atoms with van der Waals surface area (Å²) in [6, 6.07) is 9.93. The lowest BCUT2D eigenvalue weighted by atomic mass is 9.91. The fourth-order valence-electron chi connectivity index (χ4n) is 3.23. The van der Waals surface area contributed by atoms with Crippen molar-refractivity contribution in [3.8, 4) is 0 Å². The van der Waals surface area contributed by atoms with Crippen LogP contribution in [0.15, 0.2) is 42.9 Å². The van der Waals surface area contributed by atoms with Gasteiger partial charge >= 0.3 is 0 Å². The van der Waals surface area contributed by atoms with Gasteiger partial charge in [0.1, 0.15) is 6.33 Å². The maximum absolute atomic E-state index is 12.8. The summed E-state index contributed by atoms with van der Waals surface area (Å²) >= 11 is 0. The molecule has 1 aromatic carbocycles. The molecule has 1 fully saturated rings. The van der Waals surface area contributed by atoms with E-state index in [2.05, 4.69) is 21.4 Å². The fourth-order valence-corrected chi connectivity index (χ4v) is 3.23. The number of piperidine rings is 1. The van der Waals surface area contributed by atoms with Crippen LogP contribution in [0.3, 0.4) is 0 Å². The predicted octanol–water partition coefficient (Wildman–Crippen LogP) is 1.43. The zero-order chi connectivity index (χ0) is 17.7. The van der Waals surface area contributed by atoms with Gasteiger partial charge in [-0.3, -0.25) is 4.79 Å². The molecule has 3 rings (SSSR count). The summed E-state index contributed by atoms with van der Waals surface area (Å²) in [5.74, 6) is -0.199. The van der Waals surface area contributed by atoms with Crippen LogP contribution in [0.25, 0.3) is 0 Å². The topological polar surface area (TPSA) is 78.3 Å². The minimum atomic E-state index is -1.35. The summed E-state index contributed by atoms with van der Waals surface area (Å²) < 4.78 is 0. The lowest BCUT2D eigenvalue weighted by molar-refractivity contribution is -0.157. The minimum absolute atomic E-state index is 0.199. The van der Waals surface area contributed by atoms with Gasteiger partial charge in [-0.05, 0) is 31.4 Å². The summed E-state index contributed by atoms with van der Waals surface area (Å²) in [5.41, 5.74) is 1.74. The van der Waals surface area contributed by atoms with E-state index in [1.807, 2.05) is 31.2 Å². The first-order valence-corrected chi connectivity index (χ1v) is 8.60. The molecule has 1 atom stereocenters. The van der Waals surface area contributed by atoms with Crippen molar-refractivity contribution in [2.45, 2.75) is 38.5 Å². The summed E-state index contributed by atoms with van der Waals surface area (Å²) in [7, 11) is 0. The van der Waals surface area contributed by atoms with Crippen LogP contribution >= 0.6 is 0 Å². The van der Waals surface area contributed by atoms with Gasteiger partial charge in [-0.1, -0.05) is 29.8 Å². The quantitative estimate of drug-likeness (QED) is 0.832. The van der Waals surface area contributed by atoms with Crippen LogP contribution in [0.4, 0.5) is 0 Å². The Morgan fingerprint density at radius 1 is 1.36 bits per heavy atom. The van der Waals surface area contributed by atoms with Crippen LogP contribution in [0.5, 0.6) is 0 Å². The molecule has 2 N–H and O–H groups in total. The van der Waals surface area contributed by atoms with E-state index in [1.165, 1.54) is 11.9 Å². The summed E-state index contributed by atoms with van der Waals surface area (Å²) in [6.07, 6.45) is 4.44. The fraction of sp³-hybridized carbons (Fsp3) is 0.421. The van der Waals surface area contributed by atoms with E-state index >= 15 is 0 Å². The van der Waals surface area contributed by atoms with Gasteiger partial charge in [-0.2, -0.15) is 0 Å². The molecule has 0 bridgehead atoms. The zero-order valence-electron chi connectivity index (χ0n) is 14.5. The first-order valence-electron chi connectivity index (χ1n) is 8.60. The predicted molar refractivity (Wildman–Crippen MR) is 94.5 cm³/mol. The van der Waals surface area contributed by atoms with Crippen molar-refractivity contribution in [2.75, 3.05) is 13.1 Å². The number of aryl methyl sites for hydroxylation is 1. The third kappa shape index (κ3) is 4.41. The van der Waals surface area contributed by atoms with E-state index in [0.717, 1.165) is 17.7 Å². The molecule has 2 heterocycles. The van der Waals surface area contributed by atoms with Gasteiger partial charge in [0.25, 0.3) is 5.91 Å². The second-order valence-electron chi connectivity index (χ2n) is 6.66. The van der Waals surface area contributed by atoms with Crippen molar-refractivity contribution >= 4 is 5.91 Å². The van der Waals surface area contributed by atoms with Gasteiger partial charge in [-0.15, -0.1) is 0 Å². The molecule has 1 aliphatic rings. The average molecular weight is 340 g/mol. The number of carbonyl (C=O) groups is 1.